The number of rotatable bonds is 6. The average Bonchev–Trinajstić information content (AvgIpc) is 3.07. The van der Waals surface area contributed by atoms with Crippen molar-refractivity contribution in [1.82, 2.24) is 0 Å². The van der Waals surface area contributed by atoms with E-state index in [0.717, 1.165) is 6.42 Å². The number of hydrogen-bond donors (Lipinski definition) is 0. The van der Waals surface area contributed by atoms with E-state index in [1.165, 1.54) is 12.1 Å². The molecule has 0 aromatic heterocycles. The highest BCUT2D eigenvalue weighted by atomic mass is 32.2. The average molecular weight is 254 g/mol. The highest BCUT2D eigenvalue weighted by molar-refractivity contribution is 7.86. The molecule has 4 nitrogen and oxygen atoms in total. The van der Waals surface area contributed by atoms with Crippen LogP contribution in [0.4, 0.5) is 0 Å². The van der Waals surface area contributed by atoms with Crippen LogP contribution >= 0.6 is 0 Å². The summed E-state index contributed by atoms with van der Waals surface area (Å²) in [6, 6.07) is 8.08. The quantitative estimate of drug-likeness (QED) is 0.441. The summed E-state index contributed by atoms with van der Waals surface area (Å²) in [6.45, 7) is 3.66. The maximum absolute atomic E-state index is 11.7. The van der Waals surface area contributed by atoms with Gasteiger partial charge in [-0.15, -0.1) is 6.58 Å². The van der Waals surface area contributed by atoms with Gasteiger partial charge in [-0.05, 0) is 18.6 Å². The van der Waals surface area contributed by atoms with Crippen LogP contribution in [0.2, 0.25) is 0 Å². The SMILES string of the molecule is C=CC[C@H]1O[C@@H]1COS(=O)(=O)c1ccccc1. The fourth-order valence-electron chi connectivity index (χ4n) is 1.51. The number of hydrogen-bond acceptors (Lipinski definition) is 4. The minimum atomic E-state index is -3.66. The summed E-state index contributed by atoms with van der Waals surface area (Å²) >= 11 is 0. The van der Waals surface area contributed by atoms with E-state index in [0.29, 0.717) is 0 Å². The summed E-state index contributed by atoms with van der Waals surface area (Å²) < 4.78 is 33.6. The lowest BCUT2D eigenvalue weighted by Gasteiger charge is -2.03. The van der Waals surface area contributed by atoms with Crippen LogP contribution in [0.25, 0.3) is 0 Å². The summed E-state index contributed by atoms with van der Waals surface area (Å²) in [6.07, 6.45) is 2.39. The van der Waals surface area contributed by atoms with Crippen LogP contribution in [0.15, 0.2) is 47.9 Å². The molecule has 0 bridgehead atoms. The van der Waals surface area contributed by atoms with Crippen molar-refractivity contribution in [1.29, 1.82) is 0 Å². The molecule has 1 aliphatic rings. The smallest absolute Gasteiger partial charge is 0.297 e. The van der Waals surface area contributed by atoms with Crippen molar-refractivity contribution in [3.63, 3.8) is 0 Å². The van der Waals surface area contributed by atoms with Gasteiger partial charge in [0, 0.05) is 0 Å². The Morgan fingerprint density at radius 2 is 2.00 bits per heavy atom. The van der Waals surface area contributed by atoms with Gasteiger partial charge in [0.25, 0.3) is 10.1 Å². The van der Waals surface area contributed by atoms with Gasteiger partial charge in [0.05, 0.1) is 17.6 Å². The maximum Gasteiger partial charge on any atom is 0.297 e. The summed E-state index contributed by atoms with van der Waals surface area (Å²) in [4.78, 5) is 0.168. The third-order valence-corrected chi connectivity index (χ3v) is 3.80. The first-order valence-corrected chi connectivity index (χ1v) is 6.75. The fourth-order valence-corrected chi connectivity index (χ4v) is 2.45. The minimum absolute atomic E-state index is 0.0541. The zero-order valence-corrected chi connectivity index (χ0v) is 10.1. The first kappa shape index (κ1) is 12.3. The molecule has 1 saturated heterocycles. The van der Waals surface area contributed by atoms with Gasteiger partial charge in [0.1, 0.15) is 6.10 Å². The van der Waals surface area contributed by atoms with Crippen molar-refractivity contribution in [3.05, 3.63) is 43.0 Å². The summed E-state index contributed by atoms with van der Waals surface area (Å²) in [5.41, 5.74) is 0. The van der Waals surface area contributed by atoms with Gasteiger partial charge >= 0.3 is 0 Å². The van der Waals surface area contributed by atoms with Gasteiger partial charge in [-0.1, -0.05) is 24.3 Å². The second-order valence-electron chi connectivity index (χ2n) is 3.79. The molecule has 2 atom stereocenters. The van der Waals surface area contributed by atoms with Crippen LogP contribution < -0.4 is 0 Å². The van der Waals surface area contributed by atoms with E-state index in [1.54, 1.807) is 24.3 Å². The Bertz CT molecular complexity index is 480. The molecule has 0 aliphatic carbocycles. The van der Waals surface area contributed by atoms with Gasteiger partial charge in [0.2, 0.25) is 0 Å². The Morgan fingerprint density at radius 3 is 2.65 bits per heavy atom. The Kier molecular flexibility index (Phi) is 3.61. The highest BCUT2D eigenvalue weighted by Gasteiger charge is 2.38. The van der Waals surface area contributed by atoms with E-state index < -0.39 is 10.1 Å². The predicted molar refractivity (Wildman–Crippen MR) is 63.1 cm³/mol. The monoisotopic (exact) mass is 254 g/mol. The molecule has 0 spiro atoms. The molecule has 0 amide bonds. The van der Waals surface area contributed by atoms with Gasteiger partial charge in [0.15, 0.2) is 0 Å². The lowest BCUT2D eigenvalue weighted by atomic mass is 10.2. The first-order chi connectivity index (χ1) is 8.13. The molecule has 17 heavy (non-hydrogen) atoms. The second kappa shape index (κ2) is 5.00. The molecule has 1 aromatic rings. The van der Waals surface area contributed by atoms with Crippen LogP contribution in [0, 0.1) is 0 Å². The number of ether oxygens (including phenoxy) is 1. The van der Waals surface area contributed by atoms with E-state index in [9.17, 15) is 8.42 Å². The topological polar surface area (TPSA) is 55.9 Å². The molecule has 2 rings (SSSR count). The van der Waals surface area contributed by atoms with Crippen LogP contribution in [0.3, 0.4) is 0 Å². The molecule has 0 unspecified atom stereocenters. The molecule has 0 radical (unpaired) electrons. The van der Waals surface area contributed by atoms with E-state index in [-0.39, 0.29) is 23.7 Å². The lowest BCUT2D eigenvalue weighted by molar-refractivity contribution is 0.263. The standard InChI is InChI=1S/C12H14O4S/c1-2-6-11-12(16-11)9-15-17(13,14)10-7-4-3-5-8-10/h2-5,7-8,11-12H,1,6,9H2/t11-,12-/m1/s1. The largest absolute Gasteiger partial charge is 0.367 e. The molecular formula is C12H14O4S. The van der Waals surface area contributed by atoms with Crippen molar-refractivity contribution in [3.8, 4) is 0 Å². The van der Waals surface area contributed by atoms with Crippen molar-refractivity contribution in [2.45, 2.75) is 23.5 Å². The van der Waals surface area contributed by atoms with Crippen molar-refractivity contribution >= 4 is 10.1 Å². The Morgan fingerprint density at radius 1 is 1.29 bits per heavy atom. The predicted octanol–water partition coefficient (Wildman–Crippen LogP) is 1.74. The molecule has 1 fully saturated rings. The first-order valence-electron chi connectivity index (χ1n) is 5.34. The highest BCUT2D eigenvalue weighted by Crippen LogP contribution is 2.26. The summed E-state index contributed by atoms with van der Waals surface area (Å²) in [5.74, 6) is 0. The van der Waals surface area contributed by atoms with E-state index in [1.807, 2.05) is 0 Å². The summed E-state index contributed by atoms with van der Waals surface area (Å²) in [5, 5.41) is 0. The summed E-state index contributed by atoms with van der Waals surface area (Å²) in [7, 11) is -3.66. The molecule has 5 heteroatoms. The van der Waals surface area contributed by atoms with Crippen LogP contribution in [0.1, 0.15) is 6.42 Å². The number of benzene rings is 1. The van der Waals surface area contributed by atoms with Crippen molar-refractivity contribution in [2.24, 2.45) is 0 Å². The van der Waals surface area contributed by atoms with Crippen molar-refractivity contribution in [2.75, 3.05) is 6.61 Å². The molecule has 92 valence electrons. The van der Waals surface area contributed by atoms with Gasteiger partial charge < -0.3 is 4.74 Å². The Labute approximate surface area is 101 Å². The maximum atomic E-state index is 11.7. The van der Waals surface area contributed by atoms with Gasteiger partial charge in [-0.2, -0.15) is 8.42 Å². The molecule has 1 aromatic carbocycles. The Balaban J connectivity index is 1.89. The molecular weight excluding hydrogens is 240 g/mol. The normalized spacial score (nSPS) is 23.3. The Hall–Kier alpha value is -1.17. The van der Waals surface area contributed by atoms with E-state index in [2.05, 4.69) is 6.58 Å². The molecule has 1 heterocycles. The zero-order chi connectivity index (χ0) is 12.3. The molecule has 1 aliphatic heterocycles. The van der Waals surface area contributed by atoms with Crippen molar-refractivity contribution < 1.29 is 17.3 Å². The van der Waals surface area contributed by atoms with Gasteiger partial charge in [-0.25, -0.2) is 0 Å². The lowest BCUT2D eigenvalue weighted by Crippen LogP contribution is -2.12. The third-order valence-electron chi connectivity index (χ3n) is 2.51. The third kappa shape index (κ3) is 3.15. The van der Waals surface area contributed by atoms with Crippen LogP contribution in [-0.2, 0) is 19.0 Å². The molecule has 0 N–H and O–H groups in total. The van der Waals surface area contributed by atoms with E-state index in [4.69, 9.17) is 8.92 Å². The minimum Gasteiger partial charge on any atom is -0.367 e. The fraction of sp³-hybridized carbons (Fsp3) is 0.333. The second-order valence-corrected chi connectivity index (χ2v) is 5.40. The number of epoxide rings is 1. The molecule has 0 saturated carbocycles. The zero-order valence-electron chi connectivity index (χ0n) is 9.28. The van der Waals surface area contributed by atoms with Crippen LogP contribution in [0.5, 0.6) is 0 Å². The van der Waals surface area contributed by atoms with Gasteiger partial charge in [-0.3, -0.25) is 4.18 Å². The van der Waals surface area contributed by atoms with Crippen LogP contribution in [-0.4, -0.2) is 27.2 Å². The van der Waals surface area contributed by atoms with E-state index >= 15 is 0 Å².